The van der Waals surface area contributed by atoms with Crippen molar-refractivity contribution in [2.24, 2.45) is 0 Å². The first kappa shape index (κ1) is 32.0. The second-order valence-corrected chi connectivity index (χ2v) is 13.3. The van der Waals surface area contributed by atoms with Crippen LogP contribution in [0.4, 0.5) is 47.3 Å². The molecule has 1 heterocycles. The van der Waals surface area contributed by atoms with Gasteiger partial charge in [-0.25, -0.2) is 0 Å². The molecule has 0 saturated carbocycles. The third-order valence-electron chi connectivity index (χ3n) is 8.55. The van der Waals surface area contributed by atoms with E-state index in [0.717, 1.165) is 27.8 Å². The van der Waals surface area contributed by atoms with Gasteiger partial charge in [-0.05, 0) is 60.7 Å². The van der Waals surface area contributed by atoms with E-state index in [-0.39, 0.29) is 5.58 Å². The highest BCUT2D eigenvalue weighted by atomic mass is 32.2. The molecule has 8 rings (SSSR count). The third kappa shape index (κ3) is 5.79. The van der Waals surface area contributed by atoms with Crippen LogP contribution in [0.25, 0.3) is 32.7 Å². The van der Waals surface area contributed by atoms with Crippen LogP contribution in [0.2, 0.25) is 0 Å². The van der Waals surface area contributed by atoms with Gasteiger partial charge in [0, 0.05) is 51.0 Å². The molecule has 0 N–H and O–H groups in total. The minimum Gasteiger partial charge on any atom is -0.455 e. The second-order valence-electron chi connectivity index (χ2n) is 11.7. The van der Waals surface area contributed by atoms with E-state index in [0.29, 0.717) is 33.4 Å². The molecular weight excluding hydrogens is 674 g/mol. The molecule has 6 nitrogen and oxygen atoms in total. The van der Waals surface area contributed by atoms with Crippen molar-refractivity contribution in [1.29, 1.82) is 0 Å². The van der Waals surface area contributed by atoms with Crippen LogP contribution < -0.4 is 14.0 Å². The Labute approximate surface area is 291 Å². The van der Waals surface area contributed by atoms with Crippen LogP contribution >= 0.6 is 0 Å². The van der Waals surface area contributed by atoms with Gasteiger partial charge >= 0.3 is 15.6 Å². The molecule has 0 fully saturated rings. The maximum atomic E-state index is 13.6. The van der Waals surface area contributed by atoms with Crippen molar-refractivity contribution < 1.29 is 30.2 Å². The number of para-hydroxylation sites is 4. The van der Waals surface area contributed by atoms with Crippen LogP contribution in [-0.4, -0.2) is 13.9 Å². The maximum absolute atomic E-state index is 13.6. The van der Waals surface area contributed by atoms with E-state index in [2.05, 4.69) is 4.90 Å². The fourth-order valence-corrected chi connectivity index (χ4v) is 6.86. The first-order chi connectivity index (χ1) is 24.7. The highest BCUT2D eigenvalue weighted by Gasteiger charge is 2.48. The summed E-state index contributed by atoms with van der Waals surface area (Å²) in [6.45, 7) is 0. The van der Waals surface area contributed by atoms with Gasteiger partial charge < -0.3 is 18.4 Å². The van der Waals surface area contributed by atoms with Gasteiger partial charge in [-0.15, -0.1) is 0 Å². The summed E-state index contributed by atoms with van der Waals surface area (Å²) in [6.07, 6.45) is 0. The first-order valence-corrected chi connectivity index (χ1v) is 17.3. The Bertz CT molecular complexity index is 2540. The van der Waals surface area contributed by atoms with E-state index < -0.39 is 21.4 Å². The van der Waals surface area contributed by atoms with Gasteiger partial charge in [0.15, 0.2) is 0 Å². The van der Waals surface area contributed by atoms with Crippen LogP contribution in [0.5, 0.6) is 5.75 Å². The van der Waals surface area contributed by atoms with Gasteiger partial charge in [0.05, 0.1) is 16.8 Å². The van der Waals surface area contributed by atoms with E-state index >= 15 is 0 Å². The van der Waals surface area contributed by atoms with Crippen molar-refractivity contribution in [3.63, 3.8) is 0 Å². The van der Waals surface area contributed by atoms with E-state index in [1.54, 1.807) is 0 Å². The summed E-state index contributed by atoms with van der Waals surface area (Å²) >= 11 is 0. The smallest absolute Gasteiger partial charge is 0.455 e. The van der Waals surface area contributed by atoms with Gasteiger partial charge in [0.2, 0.25) is 0 Å². The lowest BCUT2D eigenvalue weighted by atomic mass is 10.0. The summed E-state index contributed by atoms with van der Waals surface area (Å²) in [6, 6.07) is 50.6. The van der Waals surface area contributed by atoms with Crippen molar-refractivity contribution in [2.75, 3.05) is 9.80 Å². The molecule has 0 saturated heterocycles. The number of hydrogen-bond acceptors (Lipinski definition) is 6. The zero-order valence-electron chi connectivity index (χ0n) is 26.7. The number of anilines is 6. The number of fused-ring (bicyclic) bond motifs is 5. The lowest BCUT2D eigenvalue weighted by Crippen LogP contribution is -2.28. The predicted molar refractivity (Wildman–Crippen MR) is 196 cm³/mol. The van der Waals surface area contributed by atoms with Crippen LogP contribution in [0.1, 0.15) is 0 Å². The van der Waals surface area contributed by atoms with Crippen LogP contribution in [-0.2, 0) is 10.1 Å². The SMILES string of the molecule is O=S(=O)(Oc1cc(N(c2ccccc2)c2ccccc2)c2c(c1)oc1c3cccc(N(c4ccccc4)c4ccccc4)c3ccc12)C(F)(F)F. The van der Waals surface area contributed by atoms with E-state index in [4.69, 9.17) is 8.60 Å². The summed E-state index contributed by atoms with van der Waals surface area (Å²) in [7, 11) is -5.99. The van der Waals surface area contributed by atoms with E-state index in [9.17, 15) is 21.6 Å². The molecular formula is C41H27F3N2O4S. The van der Waals surface area contributed by atoms with Crippen molar-refractivity contribution in [3.8, 4) is 5.75 Å². The fraction of sp³-hybridized carbons (Fsp3) is 0.0244. The van der Waals surface area contributed by atoms with Crippen molar-refractivity contribution in [1.82, 2.24) is 0 Å². The summed E-state index contributed by atoms with van der Waals surface area (Å²) in [5.74, 6) is -0.546. The Hall–Kier alpha value is -6.26. The molecule has 0 aliphatic heterocycles. The van der Waals surface area contributed by atoms with Gasteiger partial charge in [0.1, 0.15) is 16.9 Å². The van der Waals surface area contributed by atoms with Crippen LogP contribution in [0, 0.1) is 0 Å². The van der Waals surface area contributed by atoms with Gasteiger partial charge in [-0.2, -0.15) is 21.6 Å². The topological polar surface area (TPSA) is 63.0 Å². The Kier molecular flexibility index (Phi) is 7.88. The number of rotatable bonds is 8. The first-order valence-electron chi connectivity index (χ1n) is 15.9. The molecule has 10 heteroatoms. The molecule has 8 aromatic rings. The number of hydrogen-bond donors (Lipinski definition) is 0. The summed E-state index contributed by atoms with van der Waals surface area (Å²) in [4.78, 5) is 3.97. The predicted octanol–water partition coefficient (Wildman–Crippen LogP) is 11.9. The molecule has 0 unspecified atom stereocenters. The van der Waals surface area contributed by atoms with Gasteiger partial charge in [-0.3, -0.25) is 0 Å². The molecule has 0 aliphatic carbocycles. The number of benzene rings is 7. The zero-order valence-corrected chi connectivity index (χ0v) is 27.5. The molecule has 0 atom stereocenters. The molecule has 0 aliphatic rings. The Morgan fingerprint density at radius 3 is 1.47 bits per heavy atom. The quantitative estimate of drug-likeness (QED) is 0.116. The summed E-state index contributed by atoms with van der Waals surface area (Å²) in [5, 5.41) is 2.85. The third-order valence-corrected chi connectivity index (χ3v) is 9.53. The average molecular weight is 701 g/mol. The van der Waals surface area contributed by atoms with Crippen molar-refractivity contribution in [2.45, 2.75) is 5.51 Å². The highest BCUT2D eigenvalue weighted by molar-refractivity contribution is 7.88. The largest absolute Gasteiger partial charge is 0.534 e. The molecule has 0 radical (unpaired) electrons. The Balaban J connectivity index is 1.42. The number of furan rings is 1. The number of alkyl halides is 3. The molecule has 0 spiro atoms. The minimum absolute atomic E-state index is 0.146. The average Bonchev–Trinajstić information content (AvgIpc) is 3.52. The van der Waals surface area contributed by atoms with E-state index in [1.807, 2.05) is 157 Å². The zero-order chi connectivity index (χ0) is 35.2. The fourth-order valence-electron chi connectivity index (χ4n) is 6.41. The molecule has 7 aromatic carbocycles. The molecule has 0 amide bonds. The van der Waals surface area contributed by atoms with Gasteiger partial charge in [0.25, 0.3) is 0 Å². The molecule has 51 heavy (non-hydrogen) atoms. The van der Waals surface area contributed by atoms with Gasteiger partial charge in [-0.1, -0.05) is 91.0 Å². The lowest BCUT2D eigenvalue weighted by molar-refractivity contribution is -0.0500. The molecule has 0 bridgehead atoms. The lowest BCUT2D eigenvalue weighted by Gasteiger charge is -2.27. The maximum Gasteiger partial charge on any atom is 0.534 e. The second kappa shape index (κ2) is 12.6. The molecule has 1 aromatic heterocycles. The number of nitrogens with zero attached hydrogens (tertiary/aromatic N) is 2. The molecule has 252 valence electrons. The summed E-state index contributed by atoms with van der Waals surface area (Å²) < 4.78 is 76.5. The normalized spacial score (nSPS) is 12.0. The standard InChI is InChI=1S/C41H27F3N2O4S/c42-41(43,44)51(47,48)50-32-26-37(46(30-18-9-3-10-19-30)31-20-11-4-12-21-31)39-35-25-24-33-34(40(35)49-38(39)27-32)22-13-23-36(33)45(28-14-5-1-6-15-28)29-16-7-2-8-17-29/h1-27H. The van der Waals surface area contributed by atoms with Crippen molar-refractivity contribution in [3.05, 3.63) is 164 Å². The minimum atomic E-state index is -5.99. The van der Waals surface area contributed by atoms with Crippen LogP contribution in [0.15, 0.2) is 168 Å². The van der Waals surface area contributed by atoms with Crippen molar-refractivity contribution >= 4 is 77.0 Å². The summed E-state index contributed by atoms with van der Waals surface area (Å²) in [5.41, 5.74) is -0.528. The Morgan fingerprint density at radius 1 is 0.510 bits per heavy atom. The monoisotopic (exact) mass is 700 g/mol. The number of halogens is 3. The van der Waals surface area contributed by atoms with Crippen LogP contribution in [0.3, 0.4) is 0 Å². The highest BCUT2D eigenvalue weighted by Crippen LogP contribution is 2.48. The van der Waals surface area contributed by atoms with E-state index in [1.165, 1.54) is 12.1 Å². The Morgan fingerprint density at radius 2 is 0.980 bits per heavy atom.